The van der Waals surface area contributed by atoms with Crippen molar-refractivity contribution in [2.45, 2.75) is 39.7 Å². The largest absolute Gasteiger partial charge is 0.388 e. The smallest absolute Gasteiger partial charge is 0.0920 e. The first-order valence-corrected chi connectivity index (χ1v) is 5.00. The molecule has 0 rings (SSSR count). The topological polar surface area (TPSA) is 53.1 Å². The molecule has 0 aliphatic carbocycles. The molecule has 0 saturated carbocycles. The van der Waals surface area contributed by atoms with Crippen molar-refractivity contribution >= 4 is 5.84 Å². The summed E-state index contributed by atoms with van der Waals surface area (Å²) in [6, 6.07) is 0.381. The summed E-state index contributed by atoms with van der Waals surface area (Å²) in [4.78, 5) is 2.27. The Balaban J connectivity index is 3.81. The quantitative estimate of drug-likeness (QED) is 0.488. The number of nitrogens with one attached hydrogen (secondary N) is 1. The number of hydrogen-bond donors (Lipinski definition) is 2. The van der Waals surface area contributed by atoms with Gasteiger partial charge >= 0.3 is 0 Å². The summed E-state index contributed by atoms with van der Waals surface area (Å²) in [6.45, 7) is 7.65. The zero-order chi connectivity index (χ0) is 10.4. The van der Waals surface area contributed by atoms with Crippen molar-refractivity contribution in [3.8, 4) is 0 Å². The van der Waals surface area contributed by atoms with E-state index in [1.54, 1.807) is 0 Å². The van der Waals surface area contributed by atoms with Crippen molar-refractivity contribution in [1.29, 1.82) is 5.41 Å². The summed E-state index contributed by atoms with van der Waals surface area (Å²) in [5.41, 5.74) is 5.35. The summed E-state index contributed by atoms with van der Waals surface area (Å²) in [6.07, 6.45) is 1.88. The van der Waals surface area contributed by atoms with Gasteiger partial charge in [-0.25, -0.2) is 0 Å². The molecular formula is C10H23N3. The molecule has 0 heterocycles. The normalized spacial score (nSPS) is 15.8. The minimum absolute atomic E-state index is 0.281. The molecule has 78 valence electrons. The van der Waals surface area contributed by atoms with Crippen molar-refractivity contribution < 1.29 is 0 Å². The molecule has 3 heteroatoms. The van der Waals surface area contributed by atoms with Gasteiger partial charge in [0, 0.05) is 19.0 Å². The summed E-state index contributed by atoms with van der Waals surface area (Å²) in [5.74, 6) is 1.00. The maximum atomic E-state index is 7.20. The Hall–Kier alpha value is -0.570. The Morgan fingerprint density at radius 1 is 1.46 bits per heavy atom. The average Bonchev–Trinajstić information content (AvgIpc) is 2.02. The molecule has 2 unspecified atom stereocenters. The predicted molar refractivity (Wildman–Crippen MR) is 58.1 cm³/mol. The van der Waals surface area contributed by atoms with Crippen LogP contribution in [0.15, 0.2) is 0 Å². The third-order valence-electron chi connectivity index (χ3n) is 2.56. The molecule has 0 aliphatic rings. The van der Waals surface area contributed by atoms with E-state index in [1.807, 2.05) is 0 Å². The fourth-order valence-corrected chi connectivity index (χ4v) is 1.27. The van der Waals surface area contributed by atoms with Crippen molar-refractivity contribution in [2.24, 2.45) is 11.7 Å². The highest BCUT2D eigenvalue weighted by molar-refractivity contribution is 5.77. The monoisotopic (exact) mass is 185 g/mol. The van der Waals surface area contributed by atoms with Gasteiger partial charge in [-0.1, -0.05) is 20.3 Å². The Kier molecular flexibility index (Phi) is 5.71. The van der Waals surface area contributed by atoms with Gasteiger partial charge in [0.2, 0.25) is 0 Å². The van der Waals surface area contributed by atoms with E-state index in [0.717, 1.165) is 12.5 Å². The second kappa shape index (κ2) is 5.97. The molecule has 0 fully saturated rings. The number of hydrogen-bond acceptors (Lipinski definition) is 2. The minimum atomic E-state index is 0.281. The van der Waals surface area contributed by atoms with E-state index in [0.29, 0.717) is 12.5 Å². The fraction of sp³-hybridized carbons (Fsp3) is 0.900. The lowest BCUT2D eigenvalue weighted by molar-refractivity contribution is 0.226. The van der Waals surface area contributed by atoms with Crippen LogP contribution >= 0.6 is 0 Å². The lowest BCUT2D eigenvalue weighted by Crippen LogP contribution is -2.35. The fourth-order valence-electron chi connectivity index (χ4n) is 1.27. The van der Waals surface area contributed by atoms with E-state index in [2.05, 4.69) is 32.7 Å². The number of rotatable bonds is 6. The molecule has 0 aromatic rings. The van der Waals surface area contributed by atoms with E-state index in [9.17, 15) is 0 Å². The first-order chi connectivity index (χ1) is 5.97. The van der Waals surface area contributed by atoms with Gasteiger partial charge in [-0.3, -0.25) is 5.41 Å². The van der Waals surface area contributed by atoms with Crippen LogP contribution < -0.4 is 5.73 Å². The lowest BCUT2D eigenvalue weighted by Gasteiger charge is -2.26. The Labute approximate surface area is 81.8 Å². The van der Waals surface area contributed by atoms with Gasteiger partial charge < -0.3 is 10.6 Å². The summed E-state index contributed by atoms with van der Waals surface area (Å²) in [7, 11) is 2.10. The van der Waals surface area contributed by atoms with Crippen LogP contribution in [0.1, 0.15) is 33.6 Å². The van der Waals surface area contributed by atoms with Crippen LogP contribution in [0, 0.1) is 11.3 Å². The summed E-state index contributed by atoms with van der Waals surface area (Å²) < 4.78 is 0. The number of amidine groups is 1. The molecule has 0 aromatic carbocycles. The van der Waals surface area contributed by atoms with E-state index in [4.69, 9.17) is 11.1 Å². The molecule has 3 N–H and O–H groups in total. The molecule has 3 nitrogen and oxygen atoms in total. The van der Waals surface area contributed by atoms with Crippen molar-refractivity contribution in [3.05, 3.63) is 0 Å². The van der Waals surface area contributed by atoms with Crippen molar-refractivity contribution in [1.82, 2.24) is 4.90 Å². The molecule has 0 amide bonds. The maximum Gasteiger partial charge on any atom is 0.0920 e. The lowest BCUT2D eigenvalue weighted by atomic mass is 10.1. The highest BCUT2D eigenvalue weighted by atomic mass is 15.1. The molecule has 2 atom stereocenters. The minimum Gasteiger partial charge on any atom is -0.388 e. The molecule has 0 saturated heterocycles. The zero-order valence-electron chi connectivity index (χ0n) is 9.30. The highest BCUT2D eigenvalue weighted by Crippen LogP contribution is 2.07. The van der Waals surface area contributed by atoms with Gasteiger partial charge in [-0.05, 0) is 19.9 Å². The van der Waals surface area contributed by atoms with Gasteiger partial charge in [0.25, 0.3) is 0 Å². The zero-order valence-corrected chi connectivity index (χ0v) is 9.30. The first kappa shape index (κ1) is 12.4. The summed E-state index contributed by atoms with van der Waals surface area (Å²) >= 11 is 0. The van der Waals surface area contributed by atoms with E-state index in [1.165, 1.54) is 6.42 Å². The van der Waals surface area contributed by atoms with Crippen LogP contribution in [0.2, 0.25) is 0 Å². The molecule has 0 radical (unpaired) electrons. The van der Waals surface area contributed by atoms with E-state index < -0.39 is 0 Å². The molecule has 13 heavy (non-hydrogen) atoms. The maximum absolute atomic E-state index is 7.20. The van der Waals surface area contributed by atoms with Crippen molar-refractivity contribution in [2.75, 3.05) is 13.6 Å². The average molecular weight is 185 g/mol. The Morgan fingerprint density at radius 2 is 2.00 bits per heavy atom. The molecule has 0 bridgehead atoms. The van der Waals surface area contributed by atoms with Gasteiger partial charge in [0.1, 0.15) is 0 Å². The second-order valence-corrected chi connectivity index (χ2v) is 4.03. The van der Waals surface area contributed by atoms with Crippen LogP contribution in [0.3, 0.4) is 0 Å². The molecule has 0 aromatic heterocycles. The molecule has 0 spiro atoms. The first-order valence-electron chi connectivity index (χ1n) is 5.00. The summed E-state index contributed by atoms with van der Waals surface area (Å²) in [5, 5.41) is 7.20. The van der Waals surface area contributed by atoms with Gasteiger partial charge in [0.05, 0.1) is 5.84 Å². The highest BCUT2D eigenvalue weighted by Gasteiger charge is 2.12. The van der Waals surface area contributed by atoms with Crippen molar-refractivity contribution in [3.63, 3.8) is 0 Å². The van der Waals surface area contributed by atoms with Crippen LogP contribution in [-0.4, -0.2) is 30.4 Å². The Bertz CT molecular complexity index is 156. The second-order valence-electron chi connectivity index (χ2n) is 4.03. The van der Waals surface area contributed by atoms with Crippen LogP contribution in [0.25, 0.3) is 0 Å². The third-order valence-corrected chi connectivity index (χ3v) is 2.56. The van der Waals surface area contributed by atoms with Gasteiger partial charge in [-0.15, -0.1) is 0 Å². The van der Waals surface area contributed by atoms with Crippen LogP contribution in [-0.2, 0) is 0 Å². The van der Waals surface area contributed by atoms with Gasteiger partial charge in [-0.2, -0.15) is 0 Å². The molecule has 0 aliphatic heterocycles. The number of nitrogens with zero attached hydrogens (tertiary/aromatic N) is 1. The van der Waals surface area contributed by atoms with Gasteiger partial charge in [0.15, 0.2) is 0 Å². The van der Waals surface area contributed by atoms with Crippen LogP contribution in [0.4, 0.5) is 0 Å². The SMILES string of the molecule is CCC(C)CN(C)C(C)CC(=N)N. The van der Waals surface area contributed by atoms with Crippen LogP contribution in [0.5, 0.6) is 0 Å². The predicted octanol–water partition coefficient (Wildman–Crippen LogP) is 1.68. The van der Waals surface area contributed by atoms with E-state index >= 15 is 0 Å². The van der Waals surface area contributed by atoms with E-state index in [-0.39, 0.29) is 5.84 Å². The number of nitrogens with two attached hydrogens (primary N) is 1. The molecular weight excluding hydrogens is 162 g/mol. The third kappa shape index (κ3) is 5.64. The standard InChI is InChI=1S/C10H23N3/c1-5-8(2)7-13(4)9(3)6-10(11)12/h8-9H,5-7H2,1-4H3,(H3,11,12). The Morgan fingerprint density at radius 3 is 2.38 bits per heavy atom.